The minimum absolute atomic E-state index is 0.122. The van der Waals surface area contributed by atoms with Gasteiger partial charge in [0.1, 0.15) is 17.7 Å². The number of nitrogens with zero attached hydrogens (tertiary/aromatic N) is 3. The SMILES string of the molecule is CC1(C)CC(Nc2nc(CCCc3ccc(OC4CCOCC4)c(N)c3)ncc2F)CC2CCCN21. The largest absolute Gasteiger partial charge is 0.488 e. The van der Waals surface area contributed by atoms with Crippen LogP contribution in [0.4, 0.5) is 15.9 Å². The van der Waals surface area contributed by atoms with Crippen LogP contribution in [-0.2, 0) is 17.6 Å². The fourth-order valence-electron chi connectivity index (χ4n) is 6.22. The number of fused-ring (bicyclic) bond motifs is 1. The van der Waals surface area contributed by atoms with E-state index in [0.717, 1.165) is 63.1 Å². The van der Waals surface area contributed by atoms with E-state index >= 15 is 0 Å². The maximum atomic E-state index is 14.6. The van der Waals surface area contributed by atoms with Gasteiger partial charge >= 0.3 is 0 Å². The van der Waals surface area contributed by atoms with E-state index in [9.17, 15) is 4.39 Å². The number of benzene rings is 1. The lowest BCUT2D eigenvalue weighted by Gasteiger charge is -2.47. The number of hydrogen-bond acceptors (Lipinski definition) is 7. The van der Waals surface area contributed by atoms with Crippen molar-refractivity contribution in [1.82, 2.24) is 14.9 Å². The Hall–Kier alpha value is -2.45. The third kappa shape index (κ3) is 5.92. The van der Waals surface area contributed by atoms with Crippen LogP contribution in [0.5, 0.6) is 5.75 Å². The van der Waals surface area contributed by atoms with Crippen LogP contribution >= 0.6 is 0 Å². The summed E-state index contributed by atoms with van der Waals surface area (Å²) in [5.74, 6) is 1.38. The van der Waals surface area contributed by atoms with Crippen LogP contribution < -0.4 is 15.8 Å². The molecule has 7 nitrogen and oxygen atoms in total. The summed E-state index contributed by atoms with van der Waals surface area (Å²) in [6.07, 6.45) is 10.2. The molecule has 1 aromatic heterocycles. The molecule has 1 aromatic carbocycles. The molecule has 0 radical (unpaired) electrons. The van der Waals surface area contributed by atoms with Crippen molar-refractivity contribution in [3.8, 4) is 5.75 Å². The van der Waals surface area contributed by atoms with Crippen molar-refractivity contribution in [3.05, 3.63) is 41.6 Å². The second kappa shape index (κ2) is 10.9. The predicted molar refractivity (Wildman–Crippen MR) is 140 cm³/mol. The average Bonchev–Trinajstić information content (AvgIpc) is 3.33. The summed E-state index contributed by atoms with van der Waals surface area (Å²) in [5, 5.41) is 3.42. The van der Waals surface area contributed by atoms with Crippen molar-refractivity contribution >= 4 is 11.5 Å². The molecule has 3 fully saturated rings. The van der Waals surface area contributed by atoms with Gasteiger partial charge in [-0.25, -0.2) is 14.4 Å². The standard InChI is InChI=1S/C28H40FN5O2/c1-28(2)17-20(16-21-6-4-12-34(21)28)32-27-23(29)18-31-26(33-27)7-3-5-19-8-9-25(24(30)15-19)36-22-10-13-35-14-11-22/h8-9,15,18,20-22H,3-7,10-14,16-17,30H2,1-2H3,(H,31,32,33). The van der Waals surface area contributed by atoms with Crippen LogP contribution in [0.1, 0.15) is 70.2 Å². The molecule has 3 N–H and O–H groups in total. The molecule has 4 heterocycles. The quantitative estimate of drug-likeness (QED) is 0.509. The zero-order valence-electron chi connectivity index (χ0n) is 21.6. The molecule has 0 bridgehead atoms. The smallest absolute Gasteiger partial charge is 0.183 e. The minimum atomic E-state index is -0.377. The number of halogens is 1. The van der Waals surface area contributed by atoms with E-state index in [4.69, 9.17) is 15.2 Å². The number of nitrogens with one attached hydrogen (secondary N) is 1. The predicted octanol–water partition coefficient (Wildman–Crippen LogP) is 4.75. The number of nitrogens with two attached hydrogens (primary N) is 1. The molecule has 2 atom stereocenters. The number of rotatable bonds is 8. The van der Waals surface area contributed by atoms with Crippen molar-refractivity contribution < 1.29 is 13.9 Å². The summed E-state index contributed by atoms with van der Waals surface area (Å²) >= 11 is 0. The van der Waals surface area contributed by atoms with Gasteiger partial charge in [-0.15, -0.1) is 0 Å². The highest BCUT2D eigenvalue weighted by Gasteiger charge is 2.43. The molecule has 8 heteroatoms. The number of aromatic nitrogens is 2. The van der Waals surface area contributed by atoms with Crippen molar-refractivity contribution in [1.29, 1.82) is 0 Å². The summed E-state index contributed by atoms with van der Waals surface area (Å²) in [6, 6.07) is 6.83. The van der Waals surface area contributed by atoms with Crippen molar-refractivity contribution in [2.75, 3.05) is 30.8 Å². The number of nitrogen functional groups attached to an aromatic ring is 1. The molecule has 5 rings (SSSR count). The second-order valence-electron chi connectivity index (χ2n) is 11.2. The molecular formula is C28H40FN5O2. The van der Waals surface area contributed by atoms with Crippen LogP contribution in [-0.4, -0.2) is 58.4 Å². The van der Waals surface area contributed by atoms with Crippen molar-refractivity contribution in [2.24, 2.45) is 0 Å². The first-order chi connectivity index (χ1) is 17.4. The maximum absolute atomic E-state index is 14.6. The summed E-state index contributed by atoms with van der Waals surface area (Å²) in [6.45, 7) is 7.26. The number of ether oxygens (including phenoxy) is 2. The molecular weight excluding hydrogens is 457 g/mol. The molecule has 0 saturated carbocycles. The molecule has 3 saturated heterocycles. The van der Waals surface area contributed by atoms with Crippen molar-refractivity contribution in [3.63, 3.8) is 0 Å². The zero-order valence-corrected chi connectivity index (χ0v) is 21.6. The molecule has 2 aromatic rings. The van der Waals surface area contributed by atoms with Gasteiger partial charge in [0, 0.05) is 36.9 Å². The third-order valence-corrected chi connectivity index (χ3v) is 7.99. The second-order valence-corrected chi connectivity index (χ2v) is 11.2. The first kappa shape index (κ1) is 25.2. The van der Waals surface area contributed by atoms with Gasteiger partial charge in [-0.2, -0.15) is 0 Å². The Morgan fingerprint density at radius 1 is 1.22 bits per heavy atom. The van der Waals surface area contributed by atoms with Crippen LogP contribution in [0.15, 0.2) is 24.4 Å². The average molecular weight is 498 g/mol. The van der Waals surface area contributed by atoms with Crippen LogP contribution in [0.2, 0.25) is 0 Å². The van der Waals surface area contributed by atoms with E-state index in [1.807, 2.05) is 12.1 Å². The number of hydrogen-bond donors (Lipinski definition) is 2. The Balaban J connectivity index is 1.15. The highest BCUT2D eigenvalue weighted by atomic mass is 19.1. The Morgan fingerprint density at radius 3 is 2.86 bits per heavy atom. The fraction of sp³-hybridized carbons (Fsp3) is 0.643. The number of aryl methyl sites for hydroxylation is 2. The van der Waals surface area contributed by atoms with Gasteiger partial charge in [0.25, 0.3) is 0 Å². The van der Waals surface area contributed by atoms with Gasteiger partial charge < -0.3 is 20.5 Å². The number of anilines is 2. The van der Waals surface area contributed by atoms with E-state index < -0.39 is 0 Å². The molecule has 196 valence electrons. The normalized spacial score (nSPS) is 24.4. The maximum Gasteiger partial charge on any atom is 0.183 e. The van der Waals surface area contributed by atoms with E-state index in [1.165, 1.54) is 25.6 Å². The summed E-state index contributed by atoms with van der Waals surface area (Å²) in [4.78, 5) is 11.4. The topological polar surface area (TPSA) is 85.5 Å². The van der Waals surface area contributed by atoms with Gasteiger partial charge in [0.15, 0.2) is 11.6 Å². The lowest BCUT2D eigenvalue weighted by atomic mass is 9.84. The highest BCUT2D eigenvalue weighted by molar-refractivity contribution is 5.54. The van der Waals surface area contributed by atoms with Crippen LogP contribution in [0.3, 0.4) is 0 Å². The molecule has 2 unspecified atom stereocenters. The van der Waals surface area contributed by atoms with E-state index in [-0.39, 0.29) is 23.5 Å². The Morgan fingerprint density at radius 2 is 2.06 bits per heavy atom. The Bertz CT molecular complexity index is 1040. The monoisotopic (exact) mass is 497 g/mol. The lowest BCUT2D eigenvalue weighted by molar-refractivity contribution is 0.0258. The highest BCUT2D eigenvalue weighted by Crippen LogP contribution is 2.38. The molecule has 0 amide bonds. The van der Waals surface area contributed by atoms with E-state index in [1.54, 1.807) is 0 Å². The molecule has 3 aliphatic heterocycles. The first-order valence-corrected chi connectivity index (χ1v) is 13.5. The summed E-state index contributed by atoms with van der Waals surface area (Å²) in [5.41, 5.74) is 8.20. The van der Waals surface area contributed by atoms with E-state index in [0.29, 0.717) is 29.8 Å². The fourth-order valence-corrected chi connectivity index (χ4v) is 6.22. The van der Waals surface area contributed by atoms with Gasteiger partial charge in [-0.05, 0) is 76.6 Å². The first-order valence-electron chi connectivity index (χ1n) is 13.5. The van der Waals surface area contributed by atoms with Gasteiger partial charge in [-0.1, -0.05) is 6.07 Å². The Labute approximate surface area is 214 Å². The molecule has 3 aliphatic rings. The molecule has 36 heavy (non-hydrogen) atoms. The van der Waals surface area contributed by atoms with Gasteiger partial charge in [0.2, 0.25) is 0 Å². The molecule has 0 spiro atoms. The van der Waals surface area contributed by atoms with Gasteiger partial charge in [0.05, 0.1) is 25.1 Å². The zero-order chi connectivity index (χ0) is 25.1. The van der Waals surface area contributed by atoms with E-state index in [2.05, 4.69) is 40.1 Å². The lowest BCUT2D eigenvalue weighted by Crippen LogP contribution is -2.55. The summed E-state index contributed by atoms with van der Waals surface area (Å²) in [7, 11) is 0. The Kier molecular flexibility index (Phi) is 7.62. The minimum Gasteiger partial charge on any atom is -0.488 e. The third-order valence-electron chi connectivity index (χ3n) is 7.99. The summed E-state index contributed by atoms with van der Waals surface area (Å²) < 4.78 is 26.1. The number of piperidine rings is 1. The van der Waals surface area contributed by atoms with Crippen molar-refractivity contribution in [2.45, 2.75) is 95.4 Å². The van der Waals surface area contributed by atoms with Crippen LogP contribution in [0.25, 0.3) is 0 Å². The molecule has 0 aliphatic carbocycles. The van der Waals surface area contributed by atoms with Crippen LogP contribution in [0, 0.1) is 5.82 Å². The van der Waals surface area contributed by atoms with Gasteiger partial charge in [-0.3, -0.25) is 4.90 Å².